The molecule has 1 aliphatic heterocycles. The number of aromatic nitrogens is 1. The molecule has 0 unspecified atom stereocenters. The lowest BCUT2D eigenvalue weighted by atomic mass is 9.98. The predicted molar refractivity (Wildman–Crippen MR) is 155 cm³/mol. The number of aryl methyl sites for hydroxylation is 1. The van der Waals surface area contributed by atoms with Gasteiger partial charge in [-0.15, -0.1) is 36.2 Å². The van der Waals surface area contributed by atoms with E-state index in [0.717, 1.165) is 43.2 Å². The number of benzene rings is 1. The van der Waals surface area contributed by atoms with E-state index < -0.39 is 0 Å². The van der Waals surface area contributed by atoms with Gasteiger partial charge in [-0.2, -0.15) is 0 Å². The van der Waals surface area contributed by atoms with Gasteiger partial charge in [-0.25, -0.2) is 4.98 Å². The Morgan fingerprint density at radius 2 is 1.89 bits per heavy atom. The summed E-state index contributed by atoms with van der Waals surface area (Å²) in [4.78, 5) is 19.7. The molecule has 4 N–H and O–H groups in total. The molecule has 198 valence electrons. The van der Waals surface area contributed by atoms with Crippen LogP contribution in [0.2, 0.25) is 0 Å². The molecule has 0 saturated carbocycles. The summed E-state index contributed by atoms with van der Waals surface area (Å²) in [5, 5.41) is 7.21. The van der Waals surface area contributed by atoms with Gasteiger partial charge in [0.05, 0.1) is 12.1 Å². The van der Waals surface area contributed by atoms with E-state index in [-0.39, 0.29) is 30.7 Å². The van der Waals surface area contributed by atoms with Crippen LogP contribution < -0.4 is 16.4 Å². The summed E-state index contributed by atoms with van der Waals surface area (Å²) in [6.07, 6.45) is 8.60. The Balaban J connectivity index is 0.000000344. The zero-order valence-electron chi connectivity index (χ0n) is 21.4. The van der Waals surface area contributed by atoms with E-state index >= 15 is 0 Å². The van der Waals surface area contributed by atoms with Crippen molar-refractivity contribution < 1.29 is 4.79 Å². The number of nitrogens with one attached hydrogen (secondary N) is 2. The Morgan fingerprint density at radius 1 is 1.14 bits per heavy atom. The standard InChI is InChI=1S/C16H24N2O.C10H17N3S.2ClH/c1-3-9-18(10-4-2)11-8-13-6-5-7-15-14(13)12-16(19)17-15;1-2-5-12-7-3-4-8-9(6-7)14-10(11)13-8;;/h5-7H,3-4,8-12H2,1-2H3,(H,17,19);7,12H,2-6H2,1H3,(H2,11,13);2*1H/t;7-;;/m.0../s1. The lowest BCUT2D eigenvalue weighted by Gasteiger charge is -2.21. The summed E-state index contributed by atoms with van der Waals surface area (Å²) in [5.41, 5.74) is 10.5. The maximum Gasteiger partial charge on any atom is 0.228 e. The number of rotatable bonds is 10. The van der Waals surface area contributed by atoms with Crippen molar-refractivity contribution in [1.82, 2.24) is 15.2 Å². The smallest absolute Gasteiger partial charge is 0.228 e. The summed E-state index contributed by atoms with van der Waals surface area (Å²) in [5.74, 6) is 0.126. The molecule has 2 heterocycles. The van der Waals surface area contributed by atoms with Crippen LogP contribution >= 0.6 is 36.2 Å². The number of carbonyl (C=O) groups excluding carboxylic acids is 1. The van der Waals surface area contributed by atoms with Crippen LogP contribution in [0.25, 0.3) is 0 Å². The number of halogens is 2. The van der Waals surface area contributed by atoms with Crippen molar-refractivity contribution in [2.45, 2.75) is 78.2 Å². The number of amides is 1. The Morgan fingerprint density at radius 3 is 2.57 bits per heavy atom. The Labute approximate surface area is 227 Å². The van der Waals surface area contributed by atoms with Crippen LogP contribution in [0, 0.1) is 0 Å². The summed E-state index contributed by atoms with van der Waals surface area (Å²) in [7, 11) is 0. The third-order valence-corrected chi connectivity index (χ3v) is 7.25. The summed E-state index contributed by atoms with van der Waals surface area (Å²) < 4.78 is 0. The molecule has 1 aromatic heterocycles. The second kappa shape index (κ2) is 16.4. The fraction of sp³-hybridized carbons (Fsp3) is 0.615. The van der Waals surface area contributed by atoms with E-state index in [9.17, 15) is 4.79 Å². The summed E-state index contributed by atoms with van der Waals surface area (Å²) in [6.45, 7) is 11.2. The number of hydrogen-bond acceptors (Lipinski definition) is 6. The molecule has 0 radical (unpaired) electrons. The van der Waals surface area contributed by atoms with Gasteiger partial charge in [0.25, 0.3) is 0 Å². The molecule has 0 spiro atoms. The van der Waals surface area contributed by atoms with Gasteiger partial charge in [-0.3, -0.25) is 4.79 Å². The van der Waals surface area contributed by atoms with E-state index in [2.05, 4.69) is 47.4 Å². The van der Waals surface area contributed by atoms with Crippen LogP contribution in [0.15, 0.2) is 18.2 Å². The lowest BCUT2D eigenvalue weighted by Crippen LogP contribution is -2.34. The quantitative estimate of drug-likeness (QED) is 0.380. The average molecular weight is 545 g/mol. The monoisotopic (exact) mass is 543 g/mol. The Hall–Kier alpha value is -1.38. The number of nitrogen functional groups attached to an aromatic ring is 1. The van der Waals surface area contributed by atoms with Gasteiger partial charge in [0.1, 0.15) is 0 Å². The zero-order chi connectivity index (χ0) is 23.6. The van der Waals surface area contributed by atoms with Crippen LogP contribution in [0.4, 0.5) is 10.8 Å². The van der Waals surface area contributed by atoms with E-state index in [4.69, 9.17) is 5.73 Å². The molecule has 0 fully saturated rings. The van der Waals surface area contributed by atoms with E-state index in [1.54, 1.807) is 11.3 Å². The van der Waals surface area contributed by atoms with Crippen molar-refractivity contribution in [2.75, 3.05) is 37.2 Å². The van der Waals surface area contributed by atoms with Gasteiger partial charge < -0.3 is 21.3 Å². The molecule has 1 aliphatic carbocycles. The highest BCUT2D eigenvalue weighted by Gasteiger charge is 2.21. The molecule has 1 amide bonds. The first-order valence-electron chi connectivity index (χ1n) is 12.6. The highest BCUT2D eigenvalue weighted by atomic mass is 35.5. The van der Waals surface area contributed by atoms with Gasteiger partial charge in [-0.1, -0.05) is 32.9 Å². The minimum atomic E-state index is 0. The molecule has 2 aromatic rings. The first-order chi connectivity index (χ1) is 16.0. The highest BCUT2D eigenvalue weighted by Crippen LogP contribution is 2.28. The summed E-state index contributed by atoms with van der Waals surface area (Å²) >= 11 is 1.65. The number of nitrogens with two attached hydrogens (primary N) is 1. The van der Waals surface area contributed by atoms with Gasteiger partial charge in [0.15, 0.2) is 5.13 Å². The van der Waals surface area contributed by atoms with Crippen LogP contribution in [0.1, 0.15) is 68.2 Å². The highest BCUT2D eigenvalue weighted by molar-refractivity contribution is 7.15. The van der Waals surface area contributed by atoms with Gasteiger partial charge in [0.2, 0.25) is 5.91 Å². The summed E-state index contributed by atoms with van der Waals surface area (Å²) in [6, 6.07) is 6.85. The molecular weight excluding hydrogens is 501 g/mol. The van der Waals surface area contributed by atoms with E-state index in [1.165, 1.54) is 60.5 Å². The number of hydrogen-bond donors (Lipinski definition) is 3. The van der Waals surface area contributed by atoms with E-state index in [1.807, 2.05) is 12.1 Å². The molecule has 0 bridgehead atoms. The maximum atomic E-state index is 11.5. The third kappa shape index (κ3) is 9.54. The predicted octanol–water partition coefficient (Wildman–Crippen LogP) is 5.27. The van der Waals surface area contributed by atoms with Crippen LogP contribution in [0.5, 0.6) is 0 Å². The van der Waals surface area contributed by atoms with Crippen molar-refractivity contribution in [3.8, 4) is 0 Å². The number of fused-ring (bicyclic) bond motifs is 2. The molecule has 9 heteroatoms. The van der Waals surface area contributed by atoms with Crippen LogP contribution in [-0.2, 0) is 30.5 Å². The SMILES string of the molecule is CCCN(CCC)CCc1cccc2c1CC(=O)N2.CCCN[C@H]1CCc2nc(N)sc2C1.Cl.Cl. The van der Waals surface area contributed by atoms with Crippen molar-refractivity contribution in [3.63, 3.8) is 0 Å². The van der Waals surface area contributed by atoms with Gasteiger partial charge in [-0.05, 0) is 81.8 Å². The van der Waals surface area contributed by atoms with Gasteiger partial charge in [0, 0.05) is 23.2 Å². The second-order valence-electron chi connectivity index (χ2n) is 9.08. The third-order valence-electron chi connectivity index (χ3n) is 6.30. The number of carbonyl (C=O) groups is 1. The first kappa shape index (κ1) is 31.6. The number of thiazole rings is 1. The molecule has 1 aromatic carbocycles. The minimum absolute atomic E-state index is 0. The van der Waals surface area contributed by atoms with Crippen molar-refractivity contribution in [2.24, 2.45) is 0 Å². The number of anilines is 2. The van der Waals surface area contributed by atoms with Crippen molar-refractivity contribution in [1.29, 1.82) is 0 Å². The Kier molecular flexibility index (Phi) is 14.8. The molecule has 35 heavy (non-hydrogen) atoms. The topological polar surface area (TPSA) is 83.3 Å². The maximum absolute atomic E-state index is 11.5. The fourth-order valence-corrected chi connectivity index (χ4v) is 5.67. The lowest BCUT2D eigenvalue weighted by molar-refractivity contribution is -0.115. The molecule has 4 rings (SSSR count). The molecule has 1 atom stereocenters. The Bertz CT molecular complexity index is 902. The van der Waals surface area contributed by atoms with Crippen LogP contribution in [0.3, 0.4) is 0 Å². The van der Waals surface area contributed by atoms with Crippen LogP contribution in [-0.4, -0.2) is 48.0 Å². The average Bonchev–Trinajstić information content (AvgIpc) is 3.37. The number of nitrogens with zero attached hydrogens (tertiary/aromatic N) is 2. The second-order valence-corrected chi connectivity index (χ2v) is 10.2. The molecule has 2 aliphatic rings. The molecule has 6 nitrogen and oxygen atoms in total. The van der Waals surface area contributed by atoms with E-state index in [0.29, 0.717) is 12.5 Å². The fourth-order valence-electron chi connectivity index (χ4n) is 4.71. The first-order valence-corrected chi connectivity index (χ1v) is 13.5. The minimum Gasteiger partial charge on any atom is -0.375 e. The molecule has 0 saturated heterocycles. The van der Waals surface area contributed by atoms with Crippen molar-refractivity contribution in [3.05, 3.63) is 39.9 Å². The van der Waals surface area contributed by atoms with Crippen molar-refractivity contribution >= 4 is 52.9 Å². The largest absolute Gasteiger partial charge is 0.375 e. The molecular formula is C26H43Cl2N5OS. The zero-order valence-corrected chi connectivity index (χ0v) is 23.8. The van der Waals surface area contributed by atoms with Gasteiger partial charge >= 0.3 is 0 Å². The normalized spacial score (nSPS) is 15.8.